The molecule has 0 saturated heterocycles. The first-order valence-electron chi connectivity index (χ1n) is 43.2. The minimum Gasteiger partial charge on any atom is -0.462 e. The molecule has 1 atom stereocenters. The normalized spacial score (nSPS) is 12.1. The van der Waals surface area contributed by atoms with Crippen LogP contribution in [-0.4, -0.2) is 36.4 Å². The Morgan fingerprint density at radius 1 is 0.239 bits per heavy atom. The molecule has 548 valence electrons. The lowest BCUT2D eigenvalue weighted by Crippen LogP contribution is -2.28. The summed E-state index contributed by atoms with van der Waals surface area (Å²) < 4.78 is 10.8. The molecule has 0 rings (SSSR count). The Kier molecular flexibility index (Phi) is 82.6. The maximum Gasteiger partial charge on any atom is 0.306 e. The molecule has 5 nitrogen and oxygen atoms in total. The van der Waals surface area contributed by atoms with Gasteiger partial charge in [0.25, 0.3) is 0 Å². The van der Waals surface area contributed by atoms with Gasteiger partial charge < -0.3 is 14.6 Å². The van der Waals surface area contributed by atoms with Crippen LogP contribution in [0.25, 0.3) is 0 Å². The molecule has 0 bridgehead atoms. The second-order valence-electron chi connectivity index (χ2n) is 30.0. The minimum absolute atomic E-state index is 0.0558. The predicted molar refractivity (Wildman–Crippen MR) is 409 cm³/mol. The number of carbonyl (C=O) groups is 2. The lowest BCUT2D eigenvalue weighted by molar-refractivity contribution is -0.161. The molecule has 0 spiro atoms. The maximum absolute atomic E-state index is 12.4. The van der Waals surface area contributed by atoms with Crippen LogP contribution in [0.5, 0.6) is 0 Å². The fourth-order valence-corrected chi connectivity index (χ4v) is 14.1. The van der Waals surface area contributed by atoms with E-state index < -0.39 is 6.10 Å². The summed E-state index contributed by atoms with van der Waals surface area (Å²) in [5.74, 6) is -0.556. The Morgan fingerprint density at radius 3 is 0.587 bits per heavy atom. The molecule has 0 aromatic rings. The second kappa shape index (κ2) is 83.9. The molecule has 0 aliphatic heterocycles. The van der Waals surface area contributed by atoms with Crippen molar-refractivity contribution in [2.45, 2.75) is 521 Å². The number of hydrogen-bond acceptors (Lipinski definition) is 5. The molecule has 1 N–H and O–H groups in total. The summed E-state index contributed by atoms with van der Waals surface area (Å²) in [5.41, 5.74) is 0. The van der Waals surface area contributed by atoms with Gasteiger partial charge in [-0.3, -0.25) is 9.59 Å². The number of unbranched alkanes of at least 4 members (excludes halogenated alkanes) is 73. The maximum atomic E-state index is 12.4. The summed E-state index contributed by atoms with van der Waals surface area (Å²) in [4.78, 5) is 24.7. The predicted octanol–water partition coefficient (Wildman–Crippen LogP) is 30.5. The number of ether oxygens (including phenoxy) is 2. The number of hydrogen-bond donors (Lipinski definition) is 1. The molecule has 0 heterocycles. The van der Waals surface area contributed by atoms with Crippen molar-refractivity contribution in [2.75, 3.05) is 13.2 Å². The van der Waals surface area contributed by atoms with Gasteiger partial charge in [0, 0.05) is 12.8 Å². The summed E-state index contributed by atoms with van der Waals surface area (Å²) in [6.07, 6.45) is 111. The number of esters is 2. The number of allylic oxidation sites excluding steroid dienone is 2. The first-order chi connectivity index (χ1) is 45.6. The van der Waals surface area contributed by atoms with Gasteiger partial charge in [-0.05, 0) is 38.5 Å². The van der Waals surface area contributed by atoms with Crippen LogP contribution < -0.4 is 0 Å². The van der Waals surface area contributed by atoms with Gasteiger partial charge in [-0.25, -0.2) is 0 Å². The van der Waals surface area contributed by atoms with Crippen molar-refractivity contribution in [1.82, 2.24) is 0 Å². The molecular weight excluding hydrogens is 1120 g/mol. The second-order valence-corrected chi connectivity index (χ2v) is 30.0. The van der Waals surface area contributed by atoms with Crippen LogP contribution in [0.2, 0.25) is 0 Å². The van der Waals surface area contributed by atoms with Crippen molar-refractivity contribution in [1.29, 1.82) is 0 Å². The van der Waals surface area contributed by atoms with Gasteiger partial charge in [-0.1, -0.05) is 475 Å². The Morgan fingerprint density at radius 2 is 0.402 bits per heavy atom. The molecule has 0 amide bonds. The summed E-state index contributed by atoms with van der Waals surface area (Å²) in [5, 5.41) is 9.74. The highest BCUT2D eigenvalue weighted by atomic mass is 16.6. The standard InChI is InChI=1S/C87H170O5/c1-3-5-7-9-11-13-15-17-19-21-23-25-27-29-31-33-35-37-39-41-43-45-47-49-51-53-55-57-59-61-63-65-67-69-71-73-75-77-79-81-86(89)91-84-85(83-88)92-87(90)82-80-78-76-74-72-70-68-66-64-62-60-58-56-54-52-50-48-46-44-42-40-38-36-34-32-30-28-26-24-22-20-18-16-14-12-10-8-6-4-2/h22,24,85,88H,3-21,23,25-84H2,1-2H3/b24-22-. The van der Waals surface area contributed by atoms with Gasteiger partial charge in [-0.15, -0.1) is 0 Å². The summed E-state index contributed by atoms with van der Waals surface area (Å²) in [6.45, 7) is 4.23. The lowest BCUT2D eigenvalue weighted by atomic mass is 10.0. The third kappa shape index (κ3) is 81.1. The molecule has 5 heteroatoms. The van der Waals surface area contributed by atoms with E-state index in [1.165, 1.54) is 456 Å². The first-order valence-corrected chi connectivity index (χ1v) is 43.2. The molecule has 0 radical (unpaired) electrons. The summed E-state index contributed by atoms with van der Waals surface area (Å²) >= 11 is 0. The third-order valence-electron chi connectivity index (χ3n) is 20.6. The average molecular weight is 1300 g/mol. The van der Waals surface area contributed by atoms with Gasteiger partial charge in [0.15, 0.2) is 6.10 Å². The Labute approximate surface area is 579 Å². The molecular formula is C87H170O5. The largest absolute Gasteiger partial charge is 0.462 e. The average Bonchev–Trinajstić information content (AvgIpc) is 3.75. The topological polar surface area (TPSA) is 72.8 Å². The van der Waals surface area contributed by atoms with E-state index in [4.69, 9.17) is 9.47 Å². The smallest absolute Gasteiger partial charge is 0.306 e. The van der Waals surface area contributed by atoms with Gasteiger partial charge in [0.2, 0.25) is 0 Å². The van der Waals surface area contributed by atoms with Crippen LogP contribution in [-0.2, 0) is 19.1 Å². The van der Waals surface area contributed by atoms with E-state index in [0.29, 0.717) is 12.8 Å². The van der Waals surface area contributed by atoms with Gasteiger partial charge in [0.05, 0.1) is 6.61 Å². The quantitative estimate of drug-likeness (QED) is 0.0373. The van der Waals surface area contributed by atoms with Crippen molar-refractivity contribution in [3.05, 3.63) is 12.2 Å². The fourth-order valence-electron chi connectivity index (χ4n) is 14.1. The highest BCUT2D eigenvalue weighted by molar-refractivity contribution is 5.70. The number of carbonyl (C=O) groups excluding carboxylic acids is 2. The van der Waals surface area contributed by atoms with Gasteiger partial charge in [0.1, 0.15) is 6.61 Å². The lowest BCUT2D eigenvalue weighted by Gasteiger charge is -2.15. The Hall–Kier alpha value is -1.36. The number of rotatable bonds is 83. The van der Waals surface area contributed by atoms with Gasteiger partial charge in [-0.2, -0.15) is 0 Å². The van der Waals surface area contributed by atoms with E-state index in [1.807, 2.05) is 0 Å². The van der Waals surface area contributed by atoms with Crippen molar-refractivity contribution >= 4 is 11.9 Å². The van der Waals surface area contributed by atoms with Crippen molar-refractivity contribution < 1.29 is 24.2 Å². The monoisotopic (exact) mass is 1300 g/mol. The zero-order chi connectivity index (χ0) is 66.1. The molecule has 0 aliphatic carbocycles. The van der Waals surface area contributed by atoms with Crippen LogP contribution >= 0.6 is 0 Å². The van der Waals surface area contributed by atoms with Crippen molar-refractivity contribution in [3.63, 3.8) is 0 Å². The molecule has 0 aromatic heterocycles. The van der Waals surface area contributed by atoms with E-state index in [0.717, 1.165) is 32.1 Å². The van der Waals surface area contributed by atoms with E-state index in [1.54, 1.807) is 0 Å². The summed E-state index contributed by atoms with van der Waals surface area (Å²) in [6, 6.07) is 0. The van der Waals surface area contributed by atoms with Gasteiger partial charge >= 0.3 is 11.9 Å². The van der Waals surface area contributed by atoms with E-state index >= 15 is 0 Å². The number of aliphatic hydroxyl groups is 1. The molecule has 1 unspecified atom stereocenters. The van der Waals surface area contributed by atoms with Crippen molar-refractivity contribution in [2.24, 2.45) is 0 Å². The Bertz CT molecular complexity index is 1380. The highest BCUT2D eigenvalue weighted by Gasteiger charge is 2.16. The SMILES string of the molecule is CCCCCCCCCC/C=C\CCCCCCCCCCCCCCCCCCCCCCCCCCCCCC(=O)OC(CO)COC(=O)CCCCCCCCCCCCCCCCCCCCCCCCCCCCCCCCCCCCCCCCC. The molecule has 92 heavy (non-hydrogen) atoms. The van der Waals surface area contributed by atoms with E-state index in [2.05, 4.69) is 26.0 Å². The first kappa shape index (κ1) is 90.6. The van der Waals surface area contributed by atoms with Crippen LogP contribution in [0, 0.1) is 0 Å². The molecule has 0 saturated carbocycles. The third-order valence-corrected chi connectivity index (χ3v) is 20.6. The Balaban J connectivity index is 3.32. The van der Waals surface area contributed by atoms with Crippen LogP contribution in [0.4, 0.5) is 0 Å². The van der Waals surface area contributed by atoms with Crippen LogP contribution in [0.15, 0.2) is 12.2 Å². The molecule has 0 fully saturated rings. The van der Waals surface area contributed by atoms with Crippen LogP contribution in [0.1, 0.15) is 515 Å². The van der Waals surface area contributed by atoms with E-state index in [9.17, 15) is 14.7 Å². The van der Waals surface area contributed by atoms with Crippen molar-refractivity contribution in [3.8, 4) is 0 Å². The van der Waals surface area contributed by atoms with Crippen LogP contribution in [0.3, 0.4) is 0 Å². The highest BCUT2D eigenvalue weighted by Crippen LogP contribution is 2.21. The zero-order valence-electron chi connectivity index (χ0n) is 63.4. The van der Waals surface area contributed by atoms with E-state index in [-0.39, 0.29) is 25.2 Å². The zero-order valence-corrected chi connectivity index (χ0v) is 63.4. The summed E-state index contributed by atoms with van der Waals surface area (Å²) in [7, 11) is 0. The molecule has 0 aliphatic rings. The number of aliphatic hydroxyl groups excluding tert-OH is 1. The minimum atomic E-state index is -0.768. The molecule has 0 aromatic carbocycles. The fraction of sp³-hybridized carbons (Fsp3) is 0.954.